The zero-order valence-electron chi connectivity index (χ0n) is 46.1. The number of hydrogen-bond donors (Lipinski definition) is 0. The maximum absolute atomic E-state index is 2.49. The van der Waals surface area contributed by atoms with E-state index < -0.39 is 5.41 Å². The first-order valence-corrected chi connectivity index (χ1v) is 28.5. The first kappa shape index (κ1) is 48.4. The Morgan fingerprint density at radius 1 is 0.210 bits per heavy atom. The summed E-state index contributed by atoms with van der Waals surface area (Å²) < 4.78 is 0. The Morgan fingerprint density at radius 3 is 0.938 bits per heavy atom. The number of rotatable bonds is 10. The Bertz CT molecular complexity index is 4120. The molecular formula is C79H60N2. The summed E-state index contributed by atoms with van der Waals surface area (Å²) in [5.41, 5.74) is 28.8. The number of anilines is 6. The van der Waals surface area contributed by atoms with Gasteiger partial charge in [0, 0.05) is 45.0 Å². The van der Waals surface area contributed by atoms with Crippen molar-refractivity contribution in [1.29, 1.82) is 0 Å². The third-order valence-electron chi connectivity index (χ3n) is 18.1. The molecule has 2 heteroatoms. The lowest BCUT2D eigenvalue weighted by Gasteiger charge is -2.34. The van der Waals surface area contributed by atoms with Gasteiger partial charge < -0.3 is 9.80 Å². The van der Waals surface area contributed by atoms with E-state index in [9.17, 15) is 0 Å². The Hall–Kier alpha value is -9.76. The highest BCUT2D eigenvalue weighted by Crippen LogP contribution is 2.58. The number of fused-ring (bicyclic) bond motifs is 9. The Kier molecular flexibility index (Phi) is 11.2. The zero-order chi connectivity index (χ0) is 54.5. The van der Waals surface area contributed by atoms with Crippen molar-refractivity contribution in [2.24, 2.45) is 0 Å². The molecule has 12 aromatic rings. The molecule has 0 bridgehead atoms. The molecule has 0 amide bonds. The van der Waals surface area contributed by atoms with Crippen molar-refractivity contribution in [3.8, 4) is 55.6 Å². The number of nitrogens with zero attached hydrogens (tertiary/aromatic N) is 2. The van der Waals surface area contributed by atoms with Crippen molar-refractivity contribution >= 4 is 34.1 Å². The van der Waals surface area contributed by atoms with Crippen molar-refractivity contribution in [2.45, 2.75) is 43.9 Å². The molecule has 0 N–H and O–H groups in total. The van der Waals surface area contributed by atoms with Gasteiger partial charge in [0.2, 0.25) is 0 Å². The van der Waals surface area contributed by atoms with Crippen LogP contribution in [0.1, 0.15) is 72.2 Å². The molecule has 2 nitrogen and oxygen atoms in total. The number of para-hydroxylation sites is 2. The second-order valence-corrected chi connectivity index (χ2v) is 23.2. The standard InChI is InChI=1S/C79H60N2/c1-77(2)71-37-19-17-35-65(71)67-45-41-63(51-73(67)77)80(59-29-13-7-14-30-59)61-33-21-23-53(47-61)55-39-43-69-70-44-40-56(50-76(70)79(75(69)49-55,57-25-9-5-10-26-57)58-27-11-6-12-28-58)54-24-22-34-62(48-54)81(60-31-15-8-16-32-60)64-42-46-68-66-36-18-20-38-72(66)78(3,4)74(68)52-64/h5-52H,1-4H3. The molecule has 0 saturated carbocycles. The fourth-order valence-electron chi connectivity index (χ4n) is 14.2. The van der Waals surface area contributed by atoms with Crippen LogP contribution in [-0.2, 0) is 16.2 Å². The van der Waals surface area contributed by atoms with Crippen LogP contribution < -0.4 is 9.80 Å². The fourth-order valence-corrected chi connectivity index (χ4v) is 14.2. The highest BCUT2D eigenvalue weighted by molar-refractivity contribution is 5.93. The maximum atomic E-state index is 2.49. The van der Waals surface area contributed by atoms with Crippen LogP contribution in [0, 0.1) is 0 Å². The number of benzene rings is 12. The molecule has 3 aliphatic rings. The summed E-state index contributed by atoms with van der Waals surface area (Å²) >= 11 is 0. The van der Waals surface area contributed by atoms with Crippen LogP contribution >= 0.6 is 0 Å². The van der Waals surface area contributed by atoms with Gasteiger partial charge in [-0.25, -0.2) is 0 Å². The largest absolute Gasteiger partial charge is 0.310 e. The predicted octanol–water partition coefficient (Wildman–Crippen LogP) is 20.9. The quantitative estimate of drug-likeness (QED) is 0.135. The third-order valence-corrected chi connectivity index (χ3v) is 18.1. The SMILES string of the molecule is CC1(C)c2ccccc2-c2ccc(N(c3ccccc3)c3cccc(-c4ccc5c(c4)C(c4ccccc4)(c4ccccc4)c4cc(-c6cccc(N(c7ccccc7)c7ccc8c(c7)C(C)(C)c7ccccc7-8)c6)ccc4-5)c3)cc21. The summed E-state index contributed by atoms with van der Waals surface area (Å²) in [6, 6.07) is 109. The van der Waals surface area contributed by atoms with Gasteiger partial charge in [0.1, 0.15) is 0 Å². The molecule has 0 spiro atoms. The molecule has 0 radical (unpaired) electrons. The van der Waals surface area contributed by atoms with Crippen LogP contribution in [0.5, 0.6) is 0 Å². The number of hydrogen-bond acceptors (Lipinski definition) is 2. The Balaban J connectivity index is 0.857. The van der Waals surface area contributed by atoms with Crippen LogP contribution in [0.25, 0.3) is 55.6 Å². The Labute approximate surface area is 476 Å². The van der Waals surface area contributed by atoms with Gasteiger partial charge in [-0.2, -0.15) is 0 Å². The minimum Gasteiger partial charge on any atom is -0.310 e. The third kappa shape index (κ3) is 7.54. The molecule has 0 atom stereocenters. The van der Waals surface area contributed by atoms with E-state index >= 15 is 0 Å². The summed E-state index contributed by atoms with van der Waals surface area (Å²) in [5, 5.41) is 0. The molecule has 3 aliphatic carbocycles. The molecule has 386 valence electrons. The first-order valence-electron chi connectivity index (χ1n) is 28.5. The second-order valence-electron chi connectivity index (χ2n) is 23.2. The first-order chi connectivity index (χ1) is 39.7. The van der Waals surface area contributed by atoms with Gasteiger partial charge in [-0.15, -0.1) is 0 Å². The van der Waals surface area contributed by atoms with Crippen LogP contribution in [-0.4, -0.2) is 0 Å². The minimum atomic E-state index is -0.621. The van der Waals surface area contributed by atoms with E-state index in [4.69, 9.17) is 0 Å². The van der Waals surface area contributed by atoms with Gasteiger partial charge in [0.15, 0.2) is 0 Å². The summed E-state index contributed by atoms with van der Waals surface area (Å²) in [5.74, 6) is 0. The lowest BCUT2D eigenvalue weighted by Crippen LogP contribution is -2.28. The van der Waals surface area contributed by atoms with Gasteiger partial charge >= 0.3 is 0 Å². The molecule has 0 heterocycles. The van der Waals surface area contributed by atoms with Crippen molar-refractivity contribution < 1.29 is 0 Å². The maximum Gasteiger partial charge on any atom is 0.0713 e. The smallest absolute Gasteiger partial charge is 0.0713 e. The molecule has 0 aromatic heterocycles. The van der Waals surface area contributed by atoms with E-state index in [0.29, 0.717) is 0 Å². The monoisotopic (exact) mass is 1040 g/mol. The fraction of sp³-hybridized carbons (Fsp3) is 0.0886. The molecule has 0 unspecified atom stereocenters. The van der Waals surface area contributed by atoms with Crippen molar-refractivity contribution in [3.63, 3.8) is 0 Å². The van der Waals surface area contributed by atoms with Gasteiger partial charge in [-0.05, 0) is 185 Å². The van der Waals surface area contributed by atoms with Crippen LogP contribution in [0.4, 0.5) is 34.1 Å². The highest BCUT2D eigenvalue weighted by Gasteiger charge is 2.47. The summed E-state index contributed by atoms with van der Waals surface area (Å²) in [7, 11) is 0. The summed E-state index contributed by atoms with van der Waals surface area (Å²) in [6.07, 6.45) is 0. The highest BCUT2D eigenvalue weighted by atomic mass is 15.1. The van der Waals surface area contributed by atoms with Crippen molar-refractivity contribution in [1.82, 2.24) is 0 Å². The molecule has 12 aromatic carbocycles. The van der Waals surface area contributed by atoms with Crippen molar-refractivity contribution in [2.75, 3.05) is 9.80 Å². The minimum absolute atomic E-state index is 0.124. The van der Waals surface area contributed by atoms with Crippen LogP contribution in [0.2, 0.25) is 0 Å². The Morgan fingerprint density at radius 2 is 0.519 bits per heavy atom. The van der Waals surface area contributed by atoms with Gasteiger partial charge in [-0.1, -0.05) is 234 Å². The van der Waals surface area contributed by atoms with Gasteiger partial charge in [-0.3, -0.25) is 0 Å². The zero-order valence-corrected chi connectivity index (χ0v) is 46.1. The van der Waals surface area contributed by atoms with E-state index in [2.05, 4.69) is 329 Å². The molecule has 0 saturated heterocycles. The van der Waals surface area contributed by atoms with Crippen LogP contribution in [0.15, 0.2) is 291 Å². The van der Waals surface area contributed by atoms with E-state index in [0.717, 1.165) is 45.3 Å². The van der Waals surface area contributed by atoms with Gasteiger partial charge in [0.25, 0.3) is 0 Å². The molecule has 81 heavy (non-hydrogen) atoms. The molecule has 0 aliphatic heterocycles. The second kappa shape index (κ2) is 18.7. The molecular weight excluding hydrogens is 977 g/mol. The lowest BCUT2D eigenvalue weighted by atomic mass is 9.67. The van der Waals surface area contributed by atoms with Gasteiger partial charge in [0.05, 0.1) is 5.41 Å². The van der Waals surface area contributed by atoms with Crippen LogP contribution in [0.3, 0.4) is 0 Å². The topological polar surface area (TPSA) is 6.48 Å². The van der Waals surface area contributed by atoms with E-state index in [1.807, 2.05) is 0 Å². The molecule has 15 rings (SSSR count). The van der Waals surface area contributed by atoms with E-state index in [-0.39, 0.29) is 10.8 Å². The lowest BCUT2D eigenvalue weighted by molar-refractivity contribution is 0.660. The molecule has 0 fully saturated rings. The summed E-state index contributed by atoms with van der Waals surface area (Å²) in [6.45, 7) is 9.45. The van der Waals surface area contributed by atoms with Crippen molar-refractivity contribution in [3.05, 3.63) is 336 Å². The summed E-state index contributed by atoms with van der Waals surface area (Å²) in [4.78, 5) is 4.84. The van der Waals surface area contributed by atoms with E-state index in [1.54, 1.807) is 0 Å². The average Bonchev–Trinajstić information content (AvgIpc) is 4.22. The normalized spacial score (nSPS) is 14.2. The predicted molar refractivity (Wildman–Crippen MR) is 339 cm³/mol. The van der Waals surface area contributed by atoms with E-state index in [1.165, 1.54) is 89.0 Å². The average molecular weight is 1040 g/mol.